The SMILES string of the molecule is Cc1cc(Cl)c(F)c(C(C)C)c1. The summed E-state index contributed by atoms with van der Waals surface area (Å²) in [7, 11) is 0. The van der Waals surface area contributed by atoms with Gasteiger partial charge in [-0.1, -0.05) is 31.5 Å². The van der Waals surface area contributed by atoms with Crippen LogP contribution in [-0.4, -0.2) is 0 Å². The fraction of sp³-hybridized carbons (Fsp3) is 0.400. The van der Waals surface area contributed by atoms with Crippen LogP contribution in [0.1, 0.15) is 30.9 Å². The average molecular weight is 187 g/mol. The lowest BCUT2D eigenvalue weighted by atomic mass is 10.0. The molecular weight excluding hydrogens is 175 g/mol. The van der Waals surface area contributed by atoms with Crippen molar-refractivity contribution in [1.29, 1.82) is 0 Å². The quantitative estimate of drug-likeness (QED) is 0.624. The third-order valence-electron chi connectivity index (χ3n) is 1.82. The van der Waals surface area contributed by atoms with Crippen LogP contribution in [0.25, 0.3) is 0 Å². The molecule has 1 aromatic rings. The van der Waals surface area contributed by atoms with Gasteiger partial charge in [0.05, 0.1) is 5.02 Å². The summed E-state index contributed by atoms with van der Waals surface area (Å²) in [5.74, 6) is -0.0975. The molecule has 0 amide bonds. The first-order chi connectivity index (χ1) is 5.52. The molecule has 0 atom stereocenters. The van der Waals surface area contributed by atoms with Gasteiger partial charge in [0.1, 0.15) is 5.82 Å². The van der Waals surface area contributed by atoms with Crippen LogP contribution in [0.3, 0.4) is 0 Å². The fourth-order valence-corrected chi connectivity index (χ4v) is 1.45. The number of aryl methyl sites for hydroxylation is 1. The Balaban J connectivity index is 3.28. The van der Waals surface area contributed by atoms with Crippen molar-refractivity contribution >= 4 is 11.6 Å². The second-order valence-corrected chi connectivity index (χ2v) is 3.71. The Hall–Kier alpha value is -0.560. The van der Waals surface area contributed by atoms with E-state index in [-0.39, 0.29) is 16.8 Å². The molecule has 0 bridgehead atoms. The van der Waals surface area contributed by atoms with Crippen LogP contribution in [0.5, 0.6) is 0 Å². The molecule has 0 nitrogen and oxygen atoms in total. The third-order valence-corrected chi connectivity index (χ3v) is 2.10. The standard InChI is InChI=1S/C10H12ClF/c1-6(2)8-4-7(3)5-9(11)10(8)12/h4-6H,1-3H3. The zero-order valence-electron chi connectivity index (χ0n) is 7.49. The highest BCUT2D eigenvalue weighted by Gasteiger charge is 2.10. The minimum absolute atomic E-state index is 0.183. The molecule has 0 heterocycles. The molecule has 0 unspecified atom stereocenters. The van der Waals surface area contributed by atoms with Gasteiger partial charge < -0.3 is 0 Å². The summed E-state index contributed by atoms with van der Waals surface area (Å²) in [6, 6.07) is 3.48. The molecule has 0 fully saturated rings. The maximum atomic E-state index is 13.3. The summed E-state index contributed by atoms with van der Waals surface area (Å²) in [5, 5.41) is 0.221. The topological polar surface area (TPSA) is 0 Å². The molecule has 1 aromatic carbocycles. The smallest absolute Gasteiger partial charge is 0.145 e. The van der Waals surface area contributed by atoms with Crippen molar-refractivity contribution < 1.29 is 4.39 Å². The molecule has 0 spiro atoms. The van der Waals surface area contributed by atoms with Crippen molar-refractivity contribution in [2.45, 2.75) is 26.7 Å². The van der Waals surface area contributed by atoms with E-state index in [4.69, 9.17) is 11.6 Å². The van der Waals surface area contributed by atoms with E-state index >= 15 is 0 Å². The van der Waals surface area contributed by atoms with Crippen LogP contribution < -0.4 is 0 Å². The fourth-order valence-electron chi connectivity index (χ4n) is 1.17. The average Bonchev–Trinajstić information content (AvgIpc) is 1.96. The summed E-state index contributed by atoms with van der Waals surface area (Å²) in [4.78, 5) is 0. The first-order valence-electron chi connectivity index (χ1n) is 3.98. The molecule has 1 rings (SSSR count). The molecule has 66 valence electrons. The Morgan fingerprint density at radius 2 is 1.92 bits per heavy atom. The minimum Gasteiger partial charge on any atom is -0.205 e. The zero-order valence-corrected chi connectivity index (χ0v) is 8.24. The molecule has 0 aliphatic rings. The minimum atomic E-state index is -0.280. The molecule has 0 aliphatic carbocycles. The second kappa shape index (κ2) is 3.44. The van der Waals surface area contributed by atoms with E-state index < -0.39 is 0 Å². The highest BCUT2D eigenvalue weighted by Crippen LogP contribution is 2.25. The monoisotopic (exact) mass is 186 g/mol. The number of rotatable bonds is 1. The first-order valence-corrected chi connectivity index (χ1v) is 4.35. The van der Waals surface area contributed by atoms with Crippen LogP contribution in [-0.2, 0) is 0 Å². The summed E-state index contributed by atoms with van der Waals surface area (Å²) in [6.07, 6.45) is 0. The van der Waals surface area contributed by atoms with Crippen LogP contribution in [0.4, 0.5) is 4.39 Å². The molecule has 0 saturated carbocycles. The Labute approximate surface area is 77.4 Å². The van der Waals surface area contributed by atoms with E-state index in [1.807, 2.05) is 26.8 Å². The van der Waals surface area contributed by atoms with E-state index in [0.717, 1.165) is 5.56 Å². The summed E-state index contributed by atoms with van der Waals surface area (Å²) >= 11 is 5.69. The van der Waals surface area contributed by atoms with Gasteiger partial charge in [-0.15, -0.1) is 0 Å². The molecule has 12 heavy (non-hydrogen) atoms. The van der Waals surface area contributed by atoms with Crippen LogP contribution in [0.15, 0.2) is 12.1 Å². The van der Waals surface area contributed by atoms with Gasteiger partial charge in [0.2, 0.25) is 0 Å². The maximum absolute atomic E-state index is 13.3. The number of hydrogen-bond donors (Lipinski definition) is 0. The van der Waals surface area contributed by atoms with Crippen molar-refractivity contribution in [1.82, 2.24) is 0 Å². The molecule has 0 aliphatic heterocycles. The van der Waals surface area contributed by atoms with Gasteiger partial charge in [0, 0.05) is 0 Å². The lowest BCUT2D eigenvalue weighted by Gasteiger charge is -2.09. The van der Waals surface area contributed by atoms with Gasteiger partial charge in [-0.2, -0.15) is 0 Å². The van der Waals surface area contributed by atoms with E-state index in [9.17, 15) is 4.39 Å². The Kier molecular flexibility index (Phi) is 2.73. The van der Waals surface area contributed by atoms with Gasteiger partial charge in [0.25, 0.3) is 0 Å². The Morgan fingerprint density at radius 1 is 1.33 bits per heavy atom. The van der Waals surface area contributed by atoms with Crippen molar-refractivity contribution in [2.24, 2.45) is 0 Å². The van der Waals surface area contributed by atoms with E-state index in [0.29, 0.717) is 5.56 Å². The highest BCUT2D eigenvalue weighted by molar-refractivity contribution is 6.30. The van der Waals surface area contributed by atoms with Gasteiger partial charge in [-0.25, -0.2) is 4.39 Å². The second-order valence-electron chi connectivity index (χ2n) is 3.30. The van der Waals surface area contributed by atoms with Gasteiger partial charge in [0.15, 0.2) is 0 Å². The molecular formula is C10H12ClF. The summed E-state index contributed by atoms with van der Waals surface area (Å²) in [5.41, 5.74) is 1.70. The van der Waals surface area contributed by atoms with Gasteiger partial charge >= 0.3 is 0 Å². The predicted octanol–water partition coefficient (Wildman–Crippen LogP) is 3.91. The normalized spacial score (nSPS) is 10.8. The first kappa shape index (κ1) is 9.53. The molecule has 0 N–H and O–H groups in total. The Morgan fingerprint density at radius 3 is 2.42 bits per heavy atom. The zero-order chi connectivity index (χ0) is 9.30. The van der Waals surface area contributed by atoms with Crippen molar-refractivity contribution in [3.8, 4) is 0 Å². The lowest BCUT2D eigenvalue weighted by molar-refractivity contribution is 0.598. The molecule has 0 radical (unpaired) electrons. The van der Waals surface area contributed by atoms with Crippen molar-refractivity contribution in [3.05, 3.63) is 34.1 Å². The van der Waals surface area contributed by atoms with E-state index in [1.54, 1.807) is 6.07 Å². The van der Waals surface area contributed by atoms with Crippen molar-refractivity contribution in [3.63, 3.8) is 0 Å². The number of benzene rings is 1. The predicted molar refractivity (Wildman–Crippen MR) is 50.2 cm³/mol. The van der Waals surface area contributed by atoms with Gasteiger partial charge in [-0.05, 0) is 30.0 Å². The van der Waals surface area contributed by atoms with Gasteiger partial charge in [-0.3, -0.25) is 0 Å². The van der Waals surface area contributed by atoms with E-state index in [1.165, 1.54) is 0 Å². The van der Waals surface area contributed by atoms with Crippen LogP contribution in [0.2, 0.25) is 5.02 Å². The van der Waals surface area contributed by atoms with Crippen LogP contribution in [0, 0.1) is 12.7 Å². The lowest BCUT2D eigenvalue weighted by Crippen LogP contribution is -1.94. The van der Waals surface area contributed by atoms with E-state index in [2.05, 4.69) is 0 Å². The summed E-state index contributed by atoms with van der Waals surface area (Å²) in [6.45, 7) is 5.82. The third kappa shape index (κ3) is 1.78. The largest absolute Gasteiger partial charge is 0.205 e. The number of halogens is 2. The Bertz CT molecular complexity index is 292. The van der Waals surface area contributed by atoms with Crippen LogP contribution >= 0.6 is 11.6 Å². The number of hydrogen-bond acceptors (Lipinski definition) is 0. The molecule has 0 saturated heterocycles. The van der Waals surface area contributed by atoms with Crippen molar-refractivity contribution in [2.75, 3.05) is 0 Å². The molecule has 0 aromatic heterocycles. The summed E-state index contributed by atoms with van der Waals surface area (Å²) < 4.78 is 13.3. The highest BCUT2D eigenvalue weighted by atomic mass is 35.5. The molecule has 2 heteroatoms. The maximum Gasteiger partial charge on any atom is 0.145 e.